The van der Waals surface area contributed by atoms with Crippen LogP contribution in [0, 0.1) is 11.2 Å². The van der Waals surface area contributed by atoms with Crippen molar-refractivity contribution in [3.63, 3.8) is 0 Å². The van der Waals surface area contributed by atoms with Gasteiger partial charge in [0.2, 0.25) is 0 Å². The average molecular weight is 257 g/mol. The minimum atomic E-state index is -0.375. The van der Waals surface area contributed by atoms with Gasteiger partial charge in [-0.15, -0.1) is 12.4 Å². The quantitative estimate of drug-likeness (QED) is 0.654. The SMILES string of the molecule is CCCc1cc(F)c2c(C(=N)N)coc2c1.Cl. The van der Waals surface area contributed by atoms with Crippen molar-refractivity contribution < 1.29 is 8.81 Å². The van der Waals surface area contributed by atoms with Gasteiger partial charge >= 0.3 is 0 Å². The van der Waals surface area contributed by atoms with Crippen LogP contribution >= 0.6 is 12.4 Å². The summed E-state index contributed by atoms with van der Waals surface area (Å²) in [6.07, 6.45) is 3.08. The maximum atomic E-state index is 13.8. The van der Waals surface area contributed by atoms with E-state index in [4.69, 9.17) is 15.6 Å². The highest BCUT2D eigenvalue weighted by Gasteiger charge is 2.14. The fraction of sp³-hybridized carbons (Fsp3) is 0.250. The third kappa shape index (κ3) is 2.42. The lowest BCUT2D eigenvalue weighted by molar-refractivity contribution is 0.608. The first-order chi connectivity index (χ1) is 7.63. The standard InChI is InChI=1S/C12H13FN2O.ClH/c1-2-3-7-4-9(13)11-8(12(14)15)6-16-10(11)5-7;/h4-6H,2-3H2,1H3,(H3,14,15);1H. The zero-order chi connectivity index (χ0) is 11.7. The molecule has 0 bridgehead atoms. The fourth-order valence-electron chi connectivity index (χ4n) is 1.80. The van der Waals surface area contributed by atoms with Crippen LogP contribution in [0.25, 0.3) is 11.0 Å². The van der Waals surface area contributed by atoms with Crippen LogP contribution in [-0.4, -0.2) is 5.84 Å². The number of hydrogen-bond acceptors (Lipinski definition) is 2. The Morgan fingerprint density at radius 1 is 1.47 bits per heavy atom. The molecule has 17 heavy (non-hydrogen) atoms. The predicted octanol–water partition coefficient (Wildman–Crippen LogP) is 3.23. The third-order valence-corrected chi connectivity index (χ3v) is 2.52. The maximum Gasteiger partial charge on any atom is 0.137 e. The van der Waals surface area contributed by atoms with E-state index in [-0.39, 0.29) is 24.1 Å². The molecule has 1 heterocycles. The van der Waals surface area contributed by atoms with Crippen molar-refractivity contribution in [1.82, 2.24) is 0 Å². The number of hydrogen-bond donors (Lipinski definition) is 2. The molecule has 0 aliphatic rings. The molecule has 0 amide bonds. The van der Waals surface area contributed by atoms with Crippen LogP contribution in [0.4, 0.5) is 4.39 Å². The number of amidine groups is 1. The number of nitrogen functional groups attached to an aromatic ring is 1. The molecule has 2 rings (SSSR count). The lowest BCUT2D eigenvalue weighted by Gasteiger charge is -2.01. The molecule has 0 saturated heterocycles. The van der Waals surface area contributed by atoms with Crippen molar-refractivity contribution in [2.75, 3.05) is 0 Å². The molecule has 0 spiro atoms. The van der Waals surface area contributed by atoms with E-state index in [0.717, 1.165) is 18.4 Å². The zero-order valence-electron chi connectivity index (χ0n) is 9.42. The number of rotatable bonds is 3. The molecule has 1 aromatic carbocycles. The third-order valence-electron chi connectivity index (χ3n) is 2.52. The Balaban J connectivity index is 0.00000144. The molecule has 1 aromatic heterocycles. The van der Waals surface area contributed by atoms with Gasteiger partial charge in [-0.2, -0.15) is 0 Å². The van der Waals surface area contributed by atoms with Crippen LogP contribution in [0.2, 0.25) is 0 Å². The van der Waals surface area contributed by atoms with Crippen LogP contribution in [0.5, 0.6) is 0 Å². The van der Waals surface area contributed by atoms with Crippen molar-refractivity contribution in [1.29, 1.82) is 5.41 Å². The van der Waals surface area contributed by atoms with Gasteiger partial charge in [-0.3, -0.25) is 5.41 Å². The van der Waals surface area contributed by atoms with Crippen LogP contribution in [0.15, 0.2) is 22.8 Å². The Bertz CT molecular complexity index is 551. The van der Waals surface area contributed by atoms with Crippen LogP contribution in [-0.2, 0) is 6.42 Å². The molecule has 5 heteroatoms. The largest absolute Gasteiger partial charge is 0.463 e. The van der Waals surface area contributed by atoms with E-state index >= 15 is 0 Å². The smallest absolute Gasteiger partial charge is 0.137 e. The highest BCUT2D eigenvalue weighted by molar-refractivity contribution is 6.06. The van der Waals surface area contributed by atoms with Gasteiger partial charge in [0.05, 0.1) is 10.9 Å². The molecule has 0 saturated carbocycles. The molecule has 3 nitrogen and oxygen atoms in total. The van der Waals surface area contributed by atoms with Crippen molar-refractivity contribution >= 4 is 29.2 Å². The van der Waals surface area contributed by atoms with Gasteiger partial charge in [0.1, 0.15) is 23.5 Å². The van der Waals surface area contributed by atoms with Gasteiger partial charge in [0, 0.05) is 0 Å². The summed E-state index contributed by atoms with van der Waals surface area (Å²) in [5, 5.41) is 7.62. The summed E-state index contributed by atoms with van der Waals surface area (Å²) >= 11 is 0. The minimum absolute atomic E-state index is 0. The average Bonchev–Trinajstić information content (AvgIpc) is 2.62. The Labute approximate surface area is 105 Å². The Hall–Kier alpha value is -1.55. The molecular formula is C12H14ClFN2O. The highest BCUT2D eigenvalue weighted by atomic mass is 35.5. The van der Waals surface area contributed by atoms with Gasteiger partial charge in [-0.1, -0.05) is 13.3 Å². The van der Waals surface area contributed by atoms with Crippen molar-refractivity contribution in [3.8, 4) is 0 Å². The summed E-state index contributed by atoms with van der Waals surface area (Å²) in [4.78, 5) is 0. The van der Waals surface area contributed by atoms with E-state index in [0.29, 0.717) is 16.5 Å². The monoisotopic (exact) mass is 256 g/mol. The molecule has 0 fully saturated rings. The lowest BCUT2D eigenvalue weighted by Crippen LogP contribution is -2.10. The fourth-order valence-corrected chi connectivity index (χ4v) is 1.80. The second-order valence-electron chi connectivity index (χ2n) is 3.76. The normalized spacial score (nSPS) is 10.2. The second-order valence-corrected chi connectivity index (χ2v) is 3.76. The molecule has 2 aromatic rings. The van der Waals surface area contributed by atoms with E-state index in [1.807, 2.05) is 6.92 Å². The summed E-state index contributed by atoms with van der Waals surface area (Å²) in [5.74, 6) is -0.555. The molecule has 0 atom stereocenters. The van der Waals surface area contributed by atoms with E-state index in [9.17, 15) is 4.39 Å². The molecule has 3 N–H and O–H groups in total. The summed E-state index contributed by atoms with van der Waals surface area (Å²) in [6, 6.07) is 3.28. The topological polar surface area (TPSA) is 63.0 Å². The first kappa shape index (κ1) is 13.5. The summed E-state index contributed by atoms with van der Waals surface area (Å²) < 4.78 is 19.0. The minimum Gasteiger partial charge on any atom is -0.463 e. The van der Waals surface area contributed by atoms with Gasteiger partial charge in [0.25, 0.3) is 0 Å². The van der Waals surface area contributed by atoms with E-state index in [1.54, 1.807) is 6.07 Å². The molecular weight excluding hydrogens is 243 g/mol. The number of aryl methyl sites for hydroxylation is 1. The van der Waals surface area contributed by atoms with E-state index in [2.05, 4.69) is 0 Å². The van der Waals surface area contributed by atoms with Crippen LogP contribution in [0.1, 0.15) is 24.5 Å². The number of benzene rings is 1. The summed E-state index contributed by atoms with van der Waals surface area (Å²) in [6.45, 7) is 2.03. The Morgan fingerprint density at radius 3 is 2.76 bits per heavy atom. The molecule has 92 valence electrons. The second kappa shape index (κ2) is 5.19. The number of fused-ring (bicyclic) bond motifs is 1. The van der Waals surface area contributed by atoms with E-state index in [1.165, 1.54) is 12.3 Å². The first-order valence-corrected chi connectivity index (χ1v) is 5.17. The summed E-state index contributed by atoms with van der Waals surface area (Å²) in [5.41, 5.74) is 7.01. The molecule has 0 aliphatic carbocycles. The molecule has 0 radical (unpaired) electrons. The van der Waals surface area contributed by atoms with Crippen molar-refractivity contribution in [2.24, 2.45) is 5.73 Å². The number of halogens is 2. The van der Waals surface area contributed by atoms with Gasteiger partial charge in [-0.25, -0.2) is 4.39 Å². The predicted molar refractivity (Wildman–Crippen MR) is 68.4 cm³/mol. The lowest BCUT2D eigenvalue weighted by atomic mass is 10.1. The Morgan fingerprint density at radius 2 is 2.18 bits per heavy atom. The maximum absolute atomic E-state index is 13.8. The van der Waals surface area contributed by atoms with Crippen LogP contribution in [0.3, 0.4) is 0 Å². The summed E-state index contributed by atoms with van der Waals surface area (Å²) in [7, 11) is 0. The zero-order valence-corrected chi connectivity index (χ0v) is 10.2. The van der Waals surface area contributed by atoms with Crippen LogP contribution < -0.4 is 5.73 Å². The molecule has 0 unspecified atom stereocenters. The van der Waals surface area contributed by atoms with Gasteiger partial charge in [0.15, 0.2) is 0 Å². The molecule has 0 aliphatic heterocycles. The highest BCUT2D eigenvalue weighted by Crippen LogP contribution is 2.26. The van der Waals surface area contributed by atoms with Gasteiger partial charge < -0.3 is 10.2 Å². The first-order valence-electron chi connectivity index (χ1n) is 5.17. The van der Waals surface area contributed by atoms with Crippen molar-refractivity contribution in [3.05, 3.63) is 35.3 Å². The number of furan rings is 1. The van der Waals surface area contributed by atoms with E-state index < -0.39 is 0 Å². The number of nitrogens with one attached hydrogen (secondary N) is 1. The Kier molecular flexibility index (Phi) is 4.12. The number of nitrogens with two attached hydrogens (primary N) is 1. The van der Waals surface area contributed by atoms with Crippen molar-refractivity contribution in [2.45, 2.75) is 19.8 Å². The van der Waals surface area contributed by atoms with Gasteiger partial charge in [-0.05, 0) is 24.1 Å².